The number of carboxylic acids is 1. The second-order valence-electron chi connectivity index (χ2n) is 6.51. The van der Waals surface area contributed by atoms with Crippen molar-refractivity contribution >= 4 is 23.8 Å². The van der Waals surface area contributed by atoms with Crippen LogP contribution in [-0.4, -0.2) is 47.3 Å². The number of carbonyl (C=O) groups is 1. The molecule has 1 aliphatic heterocycles. The third-order valence-electron chi connectivity index (χ3n) is 4.31. The van der Waals surface area contributed by atoms with E-state index < -0.39 is 5.97 Å². The summed E-state index contributed by atoms with van der Waals surface area (Å²) in [7, 11) is 0. The van der Waals surface area contributed by atoms with E-state index in [2.05, 4.69) is 39.1 Å². The van der Waals surface area contributed by atoms with Crippen LogP contribution < -0.4 is 4.90 Å². The maximum atomic E-state index is 11.3. The number of hydrogen-bond donors (Lipinski definition) is 1. The van der Waals surface area contributed by atoms with Gasteiger partial charge in [-0.2, -0.15) is 0 Å². The second-order valence-corrected chi connectivity index (χ2v) is 6.51. The lowest BCUT2D eigenvalue weighted by atomic mass is 10.1. The molecule has 1 saturated heterocycles. The minimum atomic E-state index is -0.997. The molecule has 0 unspecified atom stereocenters. The molecule has 3 rings (SSSR count). The van der Waals surface area contributed by atoms with Crippen LogP contribution >= 0.6 is 0 Å². The maximum Gasteiger partial charge on any atom is 0.339 e. The van der Waals surface area contributed by atoms with Crippen LogP contribution in [0, 0.1) is 0 Å². The SMILES string of the molecule is CC(C)c1nc(/C=C/c2ccc(N3CCOCC3)cc2)ncc1C(=O)O. The fourth-order valence-corrected chi connectivity index (χ4v) is 2.88. The first-order chi connectivity index (χ1) is 12.5. The van der Waals surface area contributed by atoms with E-state index in [4.69, 9.17) is 4.74 Å². The van der Waals surface area contributed by atoms with Crippen molar-refractivity contribution in [2.45, 2.75) is 19.8 Å². The molecule has 1 aromatic heterocycles. The molecule has 0 bridgehead atoms. The topological polar surface area (TPSA) is 75.5 Å². The van der Waals surface area contributed by atoms with Gasteiger partial charge in [0.05, 0.1) is 24.5 Å². The van der Waals surface area contributed by atoms with Crippen LogP contribution in [0.2, 0.25) is 0 Å². The molecule has 0 atom stereocenters. The lowest BCUT2D eigenvalue weighted by molar-refractivity contribution is 0.0694. The molecule has 0 radical (unpaired) electrons. The summed E-state index contributed by atoms with van der Waals surface area (Å²) in [5, 5.41) is 9.24. The number of aromatic nitrogens is 2. The molecule has 6 heteroatoms. The molecule has 0 saturated carbocycles. The van der Waals surface area contributed by atoms with Crippen LogP contribution in [0.15, 0.2) is 30.5 Å². The standard InChI is InChI=1S/C20H23N3O3/c1-14(2)19-17(20(24)25)13-21-18(22-19)8-5-15-3-6-16(7-4-15)23-9-11-26-12-10-23/h3-8,13-14H,9-12H2,1-2H3,(H,24,25)/b8-5+. The lowest BCUT2D eigenvalue weighted by Gasteiger charge is -2.28. The summed E-state index contributed by atoms with van der Waals surface area (Å²) >= 11 is 0. The van der Waals surface area contributed by atoms with Crippen molar-refractivity contribution in [3.63, 3.8) is 0 Å². The van der Waals surface area contributed by atoms with Crippen LogP contribution in [0.4, 0.5) is 5.69 Å². The molecule has 1 N–H and O–H groups in total. The van der Waals surface area contributed by atoms with Crippen molar-refractivity contribution in [2.75, 3.05) is 31.2 Å². The predicted molar refractivity (Wildman–Crippen MR) is 101 cm³/mol. The number of morpholine rings is 1. The fraction of sp³-hybridized carbons (Fsp3) is 0.350. The molecule has 2 heterocycles. The molecular formula is C20H23N3O3. The van der Waals surface area contributed by atoms with Gasteiger partial charge in [-0.05, 0) is 29.7 Å². The summed E-state index contributed by atoms with van der Waals surface area (Å²) in [5.41, 5.74) is 2.94. The highest BCUT2D eigenvalue weighted by atomic mass is 16.5. The van der Waals surface area contributed by atoms with Gasteiger partial charge >= 0.3 is 5.97 Å². The first-order valence-corrected chi connectivity index (χ1v) is 8.75. The number of hydrogen-bond acceptors (Lipinski definition) is 5. The van der Waals surface area contributed by atoms with E-state index in [0.717, 1.165) is 31.9 Å². The summed E-state index contributed by atoms with van der Waals surface area (Å²) < 4.78 is 5.38. The summed E-state index contributed by atoms with van der Waals surface area (Å²) in [4.78, 5) is 22.1. The van der Waals surface area contributed by atoms with Crippen molar-refractivity contribution in [1.29, 1.82) is 0 Å². The Kier molecular flexibility index (Phi) is 5.63. The molecule has 6 nitrogen and oxygen atoms in total. The van der Waals surface area contributed by atoms with Crippen LogP contribution in [-0.2, 0) is 4.74 Å². The average Bonchev–Trinajstić information content (AvgIpc) is 2.67. The van der Waals surface area contributed by atoms with Gasteiger partial charge in [-0.15, -0.1) is 0 Å². The zero-order valence-corrected chi connectivity index (χ0v) is 15.1. The van der Waals surface area contributed by atoms with E-state index in [1.54, 1.807) is 6.08 Å². The Hall–Kier alpha value is -2.73. The normalized spacial score (nSPS) is 15.0. The quantitative estimate of drug-likeness (QED) is 0.889. The van der Waals surface area contributed by atoms with Gasteiger partial charge in [0.1, 0.15) is 0 Å². The largest absolute Gasteiger partial charge is 0.478 e. The molecule has 1 aromatic carbocycles. The molecular weight excluding hydrogens is 330 g/mol. The fourth-order valence-electron chi connectivity index (χ4n) is 2.88. The minimum absolute atomic E-state index is 0.0176. The van der Waals surface area contributed by atoms with Crippen molar-refractivity contribution in [1.82, 2.24) is 9.97 Å². The van der Waals surface area contributed by atoms with Gasteiger partial charge in [-0.25, -0.2) is 14.8 Å². The average molecular weight is 353 g/mol. The Bertz CT molecular complexity index is 794. The Morgan fingerprint density at radius 2 is 1.88 bits per heavy atom. The van der Waals surface area contributed by atoms with Crippen molar-refractivity contribution in [3.8, 4) is 0 Å². The van der Waals surface area contributed by atoms with Crippen LogP contribution in [0.1, 0.15) is 47.2 Å². The van der Waals surface area contributed by atoms with Gasteiger partial charge in [0.25, 0.3) is 0 Å². The monoisotopic (exact) mass is 353 g/mol. The summed E-state index contributed by atoms with van der Waals surface area (Å²) in [6, 6.07) is 8.30. The minimum Gasteiger partial charge on any atom is -0.478 e. The highest BCUT2D eigenvalue weighted by molar-refractivity contribution is 5.88. The van der Waals surface area contributed by atoms with Gasteiger partial charge in [0.2, 0.25) is 0 Å². The summed E-state index contributed by atoms with van der Waals surface area (Å²) in [5.74, 6) is -0.469. The molecule has 1 aliphatic rings. The van der Waals surface area contributed by atoms with E-state index >= 15 is 0 Å². The van der Waals surface area contributed by atoms with E-state index in [-0.39, 0.29) is 11.5 Å². The van der Waals surface area contributed by atoms with Gasteiger partial charge in [-0.1, -0.05) is 32.1 Å². The number of nitrogens with zero attached hydrogens (tertiary/aromatic N) is 3. The highest BCUT2D eigenvalue weighted by Gasteiger charge is 2.15. The van der Waals surface area contributed by atoms with Gasteiger partial charge < -0.3 is 14.7 Å². The highest BCUT2D eigenvalue weighted by Crippen LogP contribution is 2.19. The zero-order valence-electron chi connectivity index (χ0n) is 15.1. The first-order valence-electron chi connectivity index (χ1n) is 8.75. The Balaban J connectivity index is 1.75. The number of anilines is 1. The molecule has 0 spiro atoms. The van der Waals surface area contributed by atoms with Crippen molar-refractivity contribution in [3.05, 3.63) is 53.1 Å². The van der Waals surface area contributed by atoms with Crippen molar-refractivity contribution in [2.24, 2.45) is 0 Å². The van der Waals surface area contributed by atoms with E-state index in [1.807, 2.05) is 19.9 Å². The first kappa shape index (κ1) is 18.1. The third kappa shape index (κ3) is 4.26. The maximum absolute atomic E-state index is 11.3. The van der Waals surface area contributed by atoms with Gasteiger partial charge in [-0.3, -0.25) is 0 Å². The zero-order chi connectivity index (χ0) is 18.5. The van der Waals surface area contributed by atoms with Crippen molar-refractivity contribution < 1.29 is 14.6 Å². The number of aromatic carboxylic acids is 1. The van der Waals surface area contributed by atoms with E-state index in [1.165, 1.54) is 11.9 Å². The molecule has 1 fully saturated rings. The summed E-state index contributed by atoms with van der Waals surface area (Å²) in [6.45, 7) is 7.21. The Labute approximate surface area is 153 Å². The van der Waals surface area contributed by atoms with Crippen LogP contribution in [0.5, 0.6) is 0 Å². The summed E-state index contributed by atoms with van der Waals surface area (Å²) in [6.07, 6.45) is 5.12. The van der Waals surface area contributed by atoms with Crippen LogP contribution in [0.3, 0.4) is 0 Å². The molecule has 2 aromatic rings. The van der Waals surface area contributed by atoms with Crippen LogP contribution in [0.25, 0.3) is 12.2 Å². The number of benzene rings is 1. The smallest absolute Gasteiger partial charge is 0.339 e. The van der Waals surface area contributed by atoms with Gasteiger partial charge in [0.15, 0.2) is 5.82 Å². The Morgan fingerprint density at radius 3 is 2.50 bits per heavy atom. The molecule has 0 amide bonds. The number of ether oxygens (including phenoxy) is 1. The third-order valence-corrected chi connectivity index (χ3v) is 4.31. The Morgan fingerprint density at radius 1 is 1.19 bits per heavy atom. The second kappa shape index (κ2) is 8.10. The number of carboxylic acid groups (broad SMARTS) is 1. The van der Waals surface area contributed by atoms with Gasteiger partial charge in [0, 0.05) is 25.0 Å². The lowest BCUT2D eigenvalue weighted by Crippen LogP contribution is -2.36. The molecule has 26 heavy (non-hydrogen) atoms. The molecule has 136 valence electrons. The molecule has 0 aliphatic carbocycles. The van der Waals surface area contributed by atoms with E-state index in [0.29, 0.717) is 11.5 Å². The number of rotatable bonds is 5. The van der Waals surface area contributed by atoms with E-state index in [9.17, 15) is 9.90 Å². The predicted octanol–water partition coefficient (Wildman–Crippen LogP) is 3.31.